The molecule has 1 aromatic rings. The second kappa shape index (κ2) is 3.58. The van der Waals surface area contributed by atoms with Crippen molar-refractivity contribution in [2.75, 3.05) is 5.32 Å². The predicted octanol–water partition coefficient (Wildman–Crippen LogP) is 2.14. The van der Waals surface area contributed by atoms with Crippen LogP contribution in [0.15, 0.2) is 12.1 Å². The molecule has 1 aliphatic rings. The minimum atomic E-state index is 0.352. The Kier molecular flexibility index (Phi) is 2.42. The summed E-state index contributed by atoms with van der Waals surface area (Å²) in [5.41, 5.74) is 10.7. The van der Waals surface area contributed by atoms with E-state index in [0.29, 0.717) is 5.11 Å². The fourth-order valence-electron chi connectivity index (χ4n) is 2.11. The molecule has 0 heterocycles. The van der Waals surface area contributed by atoms with E-state index in [1.165, 1.54) is 29.5 Å². The first kappa shape index (κ1) is 9.46. The van der Waals surface area contributed by atoms with Crippen molar-refractivity contribution in [3.63, 3.8) is 0 Å². The maximum Gasteiger partial charge on any atom is 0.168 e. The highest BCUT2D eigenvalue weighted by Crippen LogP contribution is 2.30. The van der Waals surface area contributed by atoms with Gasteiger partial charge in [-0.3, -0.25) is 0 Å². The average molecular weight is 206 g/mol. The van der Waals surface area contributed by atoms with E-state index in [-0.39, 0.29) is 0 Å². The second-order valence-corrected chi connectivity index (χ2v) is 4.23. The first-order chi connectivity index (χ1) is 6.66. The highest BCUT2D eigenvalue weighted by Gasteiger charge is 2.15. The van der Waals surface area contributed by atoms with Gasteiger partial charge >= 0.3 is 0 Å². The van der Waals surface area contributed by atoms with E-state index < -0.39 is 0 Å². The van der Waals surface area contributed by atoms with Gasteiger partial charge in [0.2, 0.25) is 0 Å². The van der Waals surface area contributed by atoms with Crippen LogP contribution in [0.4, 0.5) is 5.69 Å². The van der Waals surface area contributed by atoms with E-state index in [2.05, 4.69) is 24.4 Å². The maximum atomic E-state index is 5.49. The minimum Gasteiger partial charge on any atom is -0.376 e. The third-order valence-electron chi connectivity index (χ3n) is 2.62. The molecule has 2 rings (SSSR count). The van der Waals surface area contributed by atoms with E-state index in [0.717, 1.165) is 12.1 Å². The second-order valence-electron chi connectivity index (χ2n) is 3.79. The van der Waals surface area contributed by atoms with Crippen molar-refractivity contribution >= 4 is 23.0 Å². The topological polar surface area (TPSA) is 38.0 Å². The summed E-state index contributed by atoms with van der Waals surface area (Å²) < 4.78 is 0. The molecule has 3 heteroatoms. The number of thiocarbonyl (C=S) groups is 1. The molecule has 0 unspecified atom stereocenters. The number of aryl methyl sites for hydroxylation is 2. The fraction of sp³-hybridized carbons (Fsp3) is 0.364. The Morgan fingerprint density at radius 3 is 2.93 bits per heavy atom. The van der Waals surface area contributed by atoms with Crippen LogP contribution in [0.1, 0.15) is 23.1 Å². The molecule has 0 aliphatic heterocycles. The van der Waals surface area contributed by atoms with E-state index in [4.69, 9.17) is 18.0 Å². The highest BCUT2D eigenvalue weighted by molar-refractivity contribution is 7.80. The zero-order valence-electron chi connectivity index (χ0n) is 8.26. The molecule has 74 valence electrons. The van der Waals surface area contributed by atoms with Gasteiger partial charge in [0.05, 0.1) is 0 Å². The van der Waals surface area contributed by atoms with E-state index >= 15 is 0 Å². The molecular weight excluding hydrogens is 192 g/mol. The Morgan fingerprint density at radius 1 is 1.43 bits per heavy atom. The Balaban J connectivity index is 2.43. The summed E-state index contributed by atoms with van der Waals surface area (Å²) in [4.78, 5) is 0. The third-order valence-corrected chi connectivity index (χ3v) is 2.72. The van der Waals surface area contributed by atoms with Crippen LogP contribution in [-0.4, -0.2) is 5.11 Å². The van der Waals surface area contributed by atoms with Gasteiger partial charge in [-0.1, -0.05) is 6.07 Å². The standard InChI is InChI=1S/C11H14N2S/c1-7-5-8-3-2-4-9(8)10(6-7)13-11(12)14/h5-6H,2-4H2,1H3,(H3,12,13,14). The number of rotatable bonds is 1. The normalized spacial score (nSPS) is 13.8. The first-order valence-electron chi connectivity index (χ1n) is 4.85. The molecule has 0 saturated heterocycles. The molecule has 0 fully saturated rings. The van der Waals surface area contributed by atoms with Gasteiger partial charge in [-0.05, 0) is 61.2 Å². The molecule has 0 saturated carbocycles. The van der Waals surface area contributed by atoms with Gasteiger partial charge < -0.3 is 11.1 Å². The van der Waals surface area contributed by atoms with Crippen LogP contribution in [0, 0.1) is 6.92 Å². The molecule has 0 bridgehead atoms. The number of fused-ring (bicyclic) bond motifs is 1. The monoisotopic (exact) mass is 206 g/mol. The van der Waals surface area contributed by atoms with Gasteiger partial charge in [0, 0.05) is 5.69 Å². The van der Waals surface area contributed by atoms with Gasteiger partial charge in [-0.15, -0.1) is 0 Å². The fourth-order valence-corrected chi connectivity index (χ4v) is 2.22. The Hall–Kier alpha value is -1.09. The number of hydrogen-bond acceptors (Lipinski definition) is 1. The highest BCUT2D eigenvalue weighted by atomic mass is 32.1. The van der Waals surface area contributed by atoms with Crippen LogP contribution in [0.25, 0.3) is 0 Å². The summed E-state index contributed by atoms with van der Waals surface area (Å²) >= 11 is 4.86. The first-order valence-corrected chi connectivity index (χ1v) is 5.26. The van der Waals surface area contributed by atoms with Crippen molar-refractivity contribution in [2.45, 2.75) is 26.2 Å². The van der Waals surface area contributed by atoms with E-state index in [9.17, 15) is 0 Å². The zero-order chi connectivity index (χ0) is 10.1. The van der Waals surface area contributed by atoms with Crippen molar-refractivity contribution in [2.24, 2.45) is 5.73 Å². The summed E-state index contributed by atoms with van der Waals surface area (Å²) in [6.45, 7) is 2.10. The lowest BCUT2D eigenvalue weighted by molar-refractivity contribution is 0.912. The Morgan fingerprint density at radius 2 is 2.21 bits per heavy atom. The molecule has 2 nitrogen and oxygen atoms in total. The van der Waals surface area contributed by atoms with Crippen LogP contribution >= 0.6 is 12.2 Å². The molecular formula is C11H14N2S. The lowest BCUT2D eigenvalue weighted by Gasteiger charge is -2.11. The van der Waals surface area contributed by atoms with Crippen molar-refractivity contribution in [3.8, 4) is 0 Å². The lowest BCUT2D eigenvalue weighted by atomic mass is 10.0. The van der Waals surface area contributed by atoms with Gasteiger partial charge in [-0.2, -0.15) is 0 Å². The summed E-state index contributed by atoms with van der Waals surface area (Å²) in [6, 6.07) is 4.37. The molecule has 14 heavy (non-hydrogen) atoms. The van der Waals surface area contributed by atoms with Crippen molar-refractivity contribution in [1.82, 2.24) is 0 Å². The quantitative estimate of drug-likeness (QED) is 0.691. The van der Waals surface area contributed by atoms with Gasteiger partial charge in [0.15, 0.2) is 5.11 Å². The Bertz CT molecular complexity index is 385. The smallest absolute Gasteiger partial charge is 0.168 e. The summed E-state index contributed by atoms with van der Waals surface area (Å²) in [6.07, 6.45) is 3.56. The van der Waals surface area contributed by atoms with Crippen LogP contribution in [0.3, 0.4) is 0 Å². The maximum absolute atomic E-state index is 5.49. The molecule has 0 radical (unpaired) electrons. The molecule has 1 aromatic carbocycles. The van der Waals surface area contributed by atoms with Crippen LogP contribution in [0.5, 0.6) is 0 Å². The number of benzene rings is 1. The Labute approximate surface area is 89.5 Å². The van der Waals surface area contributed by atoms with Crippen molar-refractivity contribution < 1.29 is 0 Å². The molecule has 3 N–H and O–H groups in total. The van der Waals surface area contributed by atoms with Gasteiger partial charge in [0.25, 0.3) is 0 Å². The van der Waals surface area contributed by atoms with Crippen LogP contribution in [-0.2, 0) is 12.8 Å². The van der Waals surface area contributed by atoms with Gasteiger partial charge in [0.1, 0.15) is 0 Å². The van der Waals surface area contributed by atoms with Crippen LogP contribution in [0.2, 0.25) is 0 Å². The van der Waals surface area contributed by atoms with Gasteiger partial charge in [-0.25, -0.2) is 0 Å². The van der Waals surface area contributed by atoms with E-state index in [1.807, 2.05) is 0 Å². The number of nitrogens with two attached hydrogens (primary N) is 1. The molecule has 1 aliphatic carbocycles. The number of hydrogen-bond donors (Lipinski definition) is 2. The lowest BCUT2D eigenvalue weighted by Crippen LogP contribution is -2.19. The number of anilines is 1. The number of nitrogens with one attached hydrogen (secondary N) is 1. The van der Waals surface area contributed by atoms with Crippen molar-refractivity contribution in [3.05, 3.63) is 28.8 Å². The third kappa shape index (κ3) is 1.73. The summed E-state index contributed by atoms with van der Waals surface area (Å²) in [7, 11) is 0. The molecule has 0 spiro atoms. The average Bonchev–Trinajstić information content (AvgIpc) is 2.50. The summed E-state index contributed by atoms with van der Waals surface area (Å²) in [5.74, 6) is 0. The van der Waals surface area contributed by atoms with Crippen LogP contribution < -0.4 is 11.1 Å². The predicted molar refractivity (Wildman–Crippen MR) is 63.6 cm³/mol. The molecule has 0 atom stereocenters. The zero-order valence-corrected chi connectivity index (χ0v) is 9.08. The molecule has 0 amide bonds. The van der Waals surface area contributed by atoms with Crippen molar-refractivity contribution in [1.29, 1.82) is 0 Å². The van der Waals surface area contributed by atoms with E-state index in [1.54, 1.807) is 0 Å². The minimum absolute atomic E-state index is 0.352. The molecule has 0 aromatic heterocycles. The summed E-state index contributed by atoms with van der Waals surface area (Å²) in [5, 5.41) is 3.41. The largest absolute Gasteiger partial charge is 0.376 e. The SMILES string of the molecule is Cc1cc2c(c(NC(N)=S)c1)CCC2.